The van der Waals surface area contributed by atoms with Gasteiger partial charge >= 0.3 is 0 Å². The molecule has 5 N–H and O–H groups in total. The van der Waals surface area contributed by atoms with Gasteiger partial charge in [0, 0.05) is 11.1 Å². The molecular weight excluding hydrogens is 260 g/mol. The molecule has 0 unspecified atom stereocenters. The van der Waals surface area contributed by atoms with E-state index in [0.717, 1.165) is 5.39 Å². The van der Waals surface area contributed by atoms with Crippen molar-refractivity contribution in [1.82, 2.24) is 5.32 Å². The van der Waals surface area contributed by atoms with Gasteiger partial charge in [0.1, 0.15) is 5.58 Å². The summed E-state index contributed by atoms with van der Waals surface area (Å²) in [5, 5.41) is 22.0. The number of anilines is 1. The zero-order valence-corrected chi connectivity index (χ0v) is 11.2. The van der Waals surface area contributed by atoms with Gasteiger partial charge in [0.2, 0.25) is 0 Å². The number of aliphatic hydroxyl groups excluding tert-OH is 2. The van der Waals surface area contributed by atoms with E-state index in [1.165, 1.54) is 0 Å². The minimum atomic E-state index is -1.05. The van der Waals surface area contributed by atoms with E-state index in [2.05, 4.69) is 5.32 Å². The summed E-state index contributed by atoms with van der Waals surface area (Å²) in [6, 6.07) is 6.66. The minimum absolute atomic E-state index is 0.116. The lowest BCUT2D eigenvalue weighted by atomic mass is 9.98. The van der Waals surface area contributed by atoms with Gasteiger partial charge in [-0.05, 0) is 30.7 Å². The van der Waals surface area contributed by atoms with Crippen molar-refractivity contribution in [3.05, 3.63) is 30.0 Å². The van der Waals surface area contributed by atoms with Crippen molar-refractivity contribution in [3.63, 3.8) is 0 Å². The van der Waals surface area contributed by atoms with Crippen molar-refractivity contribution in [3.8, 4) is 0 Å². The molecule has 0 spiro atoms. The van der Waals surface area contributed by atoms with Crippen LogP contribution >= 0.6 is 0 Å². The first-order valence-electron chi connectivity index (χ1n) is 6.37. The Bertz CT molecular complexity index is 608. The molecule has 0 atom stereocenters. The molecular formula is C14H18N2O4. The molecule has 6 heteroatoms. The molecule has 20 heavy (non-hydrogen) atoms. The Hall–Kier alpha value is -2.05. The van der Waals surface area contributed by atoms with Crippen LogP contribution in [0.25, 0.3) is 11.0 Å². The maximum Gasteiger partial charge on any atom is 0.287 e. The number of furan rings is 1. The molecule has 1 aromatic carbocycles. The van der Waals surface area contributed by atoms with Crippen molar-refractivity contribution in [2.45, 2.75) is 18.9 Å². The summed E-state index contributed by atoms with van der Waals surface area (Å²) in [6.45, 7) is 1.07. The number of fused-ring (bicyclic) bond motifs is 1. The van der Waals surface area contributed by atoms with Crippen molar-refractivity contribution in [2.24, 2.45) is 0 Å². The number of aliphatic hydroxyl groups is 2. The van der Waals surface area contributed by atoms with Crippen LogP contribution in [0.2, 0.25) is 0 Å². The third kappa shape index (κ3) is 2.61. The lowest BCUT2D eigenvalue weighted by molar-refractivity contribution is 0.0634. The highest BCUT2D eigenvalue weighted by Crippen LogP contribution is 2.22. The highest BCUT2D eigenvalue weighted by atomic mass is 16.3. The maximum atomic E-state index is 12.1. The Morgan fingerprint density at radius 1 is 1.35 bits per heavy atom. The molecule has 0 bridgehead atoms. The van der Waals surface area contributed by atoms with Crippen molar-refractivity contribution < 1.29 is 19.4 Å². The van der Waals surface area contributed by atoms with E-state index in [9.17, 15) is 15.0 Å². The monoisotopic (exact) mass is 278 g/mol. The summed E-state index contributed by atoms with van der Waals surface area (Å²) in [6.07, 6.45) is 0.402. The Morgan fingerprint density at radius 3 is 2.65 bits per heavy atom. The van der Waals surface area contributed by atoms with E-state index < -0.39 is 11.4 Å². The minimum Gasteiger partial charge on any atom is -0.451 e. The fraction of sp³-hybridized carbons (Fsp3) is 0.357. The standard InChI is InChI=1S/C14H18N2O4/c1-2-14(7-17,8-18)16-13(19)12-6-9-5-10(15)3-4-11(9)20-12/h3-6,17-18H,2,7-8,15H2,1H3,(H,16,19). The van der Waals surface area contributed by atoms with Crippen LogP contribution < -0.4 is 11.1 Å². The van der Waals surface area contributed by atoms with Crippen LogP contribution in [0.15, 0.2) is 28.7 Å². The zero-order valence-electron chi connectivity index (χ0n) is 11.2. The molecule has 1 aromatic heterocycles. The van der Waals surface area contributed by atoms with Crippen LogP contribution in [0.3, 0.4) is 0 Å². The molecule has 2 aromatic rings. The predicted octanol–water partition coefficient (Wildman–Crippen LogP) is 0.878. The van der Waals surface area contributed by atoms with Gasteiger partial charge < -0.3 is 25.7 Å². The summed E-state index contributed by atoms with van der Waals surface area (Å²) in [5.74, 6) is -0.366. The summed E-state index contributed by atoms with van der Waals surface area (Å²) >= 11 is 0. The molecule has 0 fully saturated rings. The lowest BCUT2D eigenvalue weighted by Crippen LogP contribution is -2.53. The van der Waals surface area contributed by atoms with Crippen molar-refractivity contribution in [2.75, 3.05) is 18.9 Å². The van der Waals surface area contributed by atoms with Crippen LogP contribution in [0.5, 0.6) is 0 Å². The van der Waals surface area contributed by atoms with Gasteiger partial charge in [-0.2, -0.15) is 0 Å². The van der Waals surface area contributed by atoms with E-state index in [0.29, 0.717) is 17.7 Å². The third-order valence-electron chi connectivity index (χ3n) is 3.42. The first-order valence-corrected chi connectivity index (χ1v) is 6.37. The molecule has 0 radical (unpaired) electrons. The maximum absolute atomic E-state index is 12.1. The smallest absolute Gasteiger partial charge is 0.287 e. The molecule has 0 saturated carbocycles. The van der Waals surface area contributed by atoms with E-state index in [1.54, 1.807) is 31.2 Å². The average Bonchev–Trinajstić information content (AvgIpc) is 2.88. The lowest BCUT2D eigenvalue weighted by Gasteiger charge is -2.29. The third-order valence-corrected chi connectivity index (χ3v) is 3.42. The Kier molecular flexibility index (Phi) is 3.96. The van der Waals surface area contributed by atoms with Gasteiger partial charge in [-0.1, -0.05) is 6.92 Å². The number of benzene rings is 1. The molecule has 0 aliphatic rings. The predicted molar refractivity (Wildman–Crippen MR) is 75.3 cm³/mol. The van der Waals surface area contributed by atoms with Gasteiger partial charge in [-0.3, -0.25) is 4.79 Å². The first kappa shape index (κ1) is 14.4. The summed E-state index contributed by atoms with van der Waals surface area (Å²) in [5.41, 5.74) is 5.76. The Labute approximate surface area is 116 Å². The van der Waals surface area contributed by atoms with Crippen LogP contribution in [0, 0.1) is 0 Å². The highest BCUT2D eigenvalue weighted by molar-refractivity contribution is 5.97. The van der Waals surface area contributed by atoms with Crippen molar-refractivity contribution >= 4 is 22.6 Å². The van der Waals surface area contributed by atoms with Crippen LogP contribution in [0.4, 0.5) is 5.69 Å². The number of amides is 1. The number of rotatable bonds is 5. The molecule has 2 rings (SSSR count). The van der Waals surface area contributed by atoms with Gasteiger partial charge in [-0.15, -0.1) is 0 Å². The van der Waals surface area contributed by atoms with Crippen LogP contribution in [0.1, 0.15) is 23.9 Å². The molecule has 0 aliphatic heterocycles. The number of carbonyl (C=O) groups excluding carboxylic acids is 1. The summed E-state index contributed by atoms with van der Waals surface area (Å²) in [4.78, 5) is 12.1. The van der Waals surface area contributed by atoms with Gasteiger partial charge in [0.25, 0.3) is 5.91 Å². The number of nitrogens with one attached hydrogen (secondary N) is 1. The first-order chi connectivity index (χ1) is 9.53. The zero-order chi connectivity index (χ0) is 14.8. The topological polar surface area (TPSA) is 109 Å². The SMILES string of the molecule is CCC(CO)(CO)NC(=O)c1cc2cc(N)ccc2o1. The fourth-order valence-electron chi connectivity index (χ4n) is 1.92. The van der Waals surface area contributed by atoms with E-state index in [1.807, 2.05) is 0 Å². The Morgan fingerprint density at radius 2 is 2.05 bits per heavy atom. The summed E-state index contributed by atoms with van der Waals surface area (Å²) < 4.78 is 5.43. The number of hydrogen-bond donors (Lipinski definition) is 4. The molecule has 0 aliphatic carbocycles. The highest BCUT2D eigenvalue weighted by Gasteiger charge is 2.30. The number of hydrogen-bond acceptors (Lipinski definition) is 5. The number of nitrogen functional groups attached to an aromatic ring is 1. The van der Waals surface area contributed by atoms with Crippen LogP contribution in [-0.2, 0) is 0 Å². The molecule has 1 amide bonds. The van der Waals surface area contributed by atoms with Gasteiger partial charge in [-0.25, -0.2) is 0 Å². The van der Waals surface area contributed by atoms with Gasteiger partial charge in [0.15, 0.2) is 5.76 Å². The quantitative estimate of drug-likeness (QED) is 0.607. The molecule has 6 nitrogen and oxygen atoms in total. The molecule has 0 saturated heterocycles. The normalized spacial score (nSPS) is 11.8. The second-order valence-corrected chi connectivity index (χ2v) is 4.81. The largest absolute Gasteiger partial charge is 0.451 e. The fourth-order valence-corrected chi connectivity index (χ4v) is 1.92. The summed E-state index contributed by atoms with van der Waals surface area (Å²) in [7, 11) is 0. The van der Waals surface area contributed by atoms with Crippen molar-refractivity contribution in [1.29, 1.82) is 0 Å². The van der Waals surface area contributed by atoms with Crippen LogP contribution in [-0.4, -0.2) is 34.9 Å². The second-order valence-electron chi connectivity index (χ2n) is 4.81. The average molecular weight is 278 g/mol. The second kappa shape index (κ2) is 5.52. The molecule has 108 valence electrons. The van der Waals surface area contributed by atoms with E-state index in [4.69, 9.17) is 10.2 Å². The van der Waals surface area contributed by atoms with E-state index in [-0.39, 0.29) is 19.0 Å². The molecule has 1 heterocycles. The van der Waals surface area contributed by atoms with E-state index >= 15 is 0 Å². The number of nitrogens with two attached hydrogens (primary N) is 1. The Balaban J connectivity index is 2.27. The number of carbonyl (C=O) groups is 1. The van der Waals surface area contributed by atoms with Gasteiger partial charge in [0.05, 0.1) is 18.8 Å².